The minimum Gasteiger partial charge on any atom is -0.508 e. The molecule has 0 radical (unpaired) electrons. The zero-order valence-corrected chi connectivity index (χ0v) is 32.1. The van der Waals surface area contributed by atoms with Crippen molar-refractivity contribution in [3.8, 4) is 80.0 Å². The standard InChI is InChI=1S/C41H42N6O10/c1-22(2)27-18-29(33(49)19-32(27)48)39-43-44-40(50)47(39)26-10-8-25(9-11-26)45-13-14-46(41(51)52)31(21-45)28-15-23(7-12-34(28)53-3)30-20-42-57-37(30)24-16-35(54-4)38(56-6)36(17-24)55-5/h7-12,15-20,22,31,48-49H,13-14,21H2,1-6H3,(H,44,50)(H,51,52). The number of carboxylic acid groups (broad SMARTS) is 1. The van der Waals surface area contributed by atoms with Crippen molar-refractivity contribution in [1.29, 1.82) is 0 Å². The maximum Gasteiger partial charge on any atom is 0.407 e. The van der Waals surface area contributed by atoms with Crippen LogP contribution >= 0.6 is 0 Å². The highest BCUT2D eigenvalue weighted by molar-refractivity contribution is 5.82. The van der Waals surface area contributed by atoms with Gasteiger partial charge in [0.1, 0.15) is 17.2 Å². The summed E-state index contributed by atoms with van der Waals surface area (Å²) in [4.78, 5) is 16.2. The molecule has 1 atom stereocenters. The number of phenols is 2. The Labute approximate surface area is 327 Å². The van der Waals surface area contributed by atoms with E-state index in [2.05, 4.69) is 20.3 Å². The predicted octanol–water partition coefficient (Wildman–Crippen LogP) is 7.07. The van der Waals surface area contributed by atoms with Crippen LogP contribution < -0.4 is 23.8 Å². The summed E-state index contributed by atoms with van der Waals surface area (Å²) in [5.74, 6) is 2.12. The number of ether oxygens (including phenoxy) is 4. The van der Waals surface area contributed by atoms with Crippen LogP contribution in [-0.2, 0) is 0 Å². The molecule has 1 aliphatic rings. The van der Waals surface area contributed by atoms with Gasteiger partial charge in [-0.15, -0.1) is 5.10 Å². The van der Waals surface area contributed by atoms with E-state index in [4.69, 9.17) is 23.5 Å². The Bertz CT molecular complexity index is 2400. The van der Waals surface area contributed by atoms with E-state index in [1.165, 1.54) is 36.9 Å². The van der Waals surface area contributed by atoms with E-state index in [1.54, 1.807) is 49.7 Å². The lowest BCUT2D eigenvalue weighted by Gasteiger charge is -2.41. The van der Waals surface area contributed by atoms with E-state index in [0.29, 0.717) is 74.4 Å². The van der Waals surface area contributed by atoms with Gasteiger partial charge in [-0.2, -0.15) is 0 Å². The highest BCUT2D eigenvalue weighted by atomic mass is 16.5. The SMILES string of the molecule is COc1ccc(-c2cnoc2-c2cc(OC)c(OC)c(OC)c2)cc1C1CN(c2ccc(-n3c(O)nnc3-c3cc(C(C)C)c(O)cc3O)cc2)CCN1C(=O)O. The third-order valence-corrected chi connectivity index (χ3v) is 10.2. The van der Waals surface area contributed by atoms with Crippen molar-refractivity contribution in [3.63, 3.8) is 0 Å². The summed E-state index contributed by atoms with van der Waals surface area (Å²) in [5, 5.41) is 54.4. The average molecular weight is 779 g/mol. The maximum atomic E-state index is 12.7. The molecule has 2 aromatic heterocycles. The summed E-state index contributed by atoms with van der Waals surface area (Å²) in [6.07, 6.45) is 0.526. The number of aromatic nitrogens is 4. The minimum atomic E-state index is -1.07. The van der Waals surface area contributed by atoms with Gasteiger partial charge in [0.05, 0.1) is 51.9 Å². The van der Waals surface area contributed by atoms with Crippen LogP contribution in [0.4, 0.5) is 10.5 Å². The lowest BCUT2D eigenvalue weighted by Crippen LogP contribution is -2.50. The Morgan fingerprint density at radius 1 is 0.772 bits per heavy atom. The molecule has 16 heteroatoms. The van der Waals surface area contributed by atoms with Crippen LogP contribution in [0.5, 0.6) is 40.5 Å². The van der Waals surface area contributed by atoms with Crippen LogP contribution in [0.25, 0.3) is 39.5 Å². The second-order valence-corrected chi connectivity index (χ2v) is 13.6. The molecule has 4 aromatic carbocycles. The third kappa shape index (κ3) is 7.01. The fourth-order valence-corrected chi connectivity index (χ4v) is 7.28. The molecule has 0 aliphatic carbocycles. The first kappa shape index (κ1) is 38.2. The van der Waals surface area contributed by atoms with Gasteiger partial charge < -0.3 is 48.8 Å². The summed E-state index contributed by atoms with van der Waals surface area (Å²) in [7, 11) is 6.12. The number of benzene rings is 4. The highest BCUT2D eigenvalue weighted by Crippen LogP contribution is 2.45. The van der Waals surface area contributed by atoms with Crippen molar-refractivity contribution >= 4 is 11.8 Å². The third-order valence-electron chi connectivity index (χ3n) is 10.2. The average Bonchev–Trinajstić information content (AvgIpc) is 3.87. The van der Waals surface area contributed by atoms with Crippen molar-refractivity contribution in [2.75, 3.05) is 53.0 Å². The number of piperazine rings is 1. The molecule has 1 saturated heterocycles. The van der Waals surface area contributed by atoms with Gasteiger partial charge >= 0.3 is 12.1 Å². The lowest BCUT2D eigenvalue weighted by molar-refractivity contribution is 0.117. The number of methoxy groups -OCH3 is 4. The van der Waals surface area contributed by atoms with Gasteiger partial charge in [0.25, 0.3) is 0 Å². The minimum absolute atomic E-state index is 0.0459. The van der Waals surface area contributed by atoms with E-state index < -0.39 is 12.1 Å². The molecule has 0 bridgehead atoms. The molecule has 6 aromatic rings. The molecule has 296 valence electrons. The molecule has 1 aliphatic heterocycles. The summed E-state index contributed by atoms with van der Waals surface area (Å²) in [5.41, 5.74) is 4.84. The Morgan fingerprint density at radius 2 is 1.46 bits per heavy atom. The van der Waals surface area contributed by atoms with Crippen molar-refractivity contribution in [2.24, 2.45) is 0 Å². The molecule has 3 heterocycles. The maximum absolute atomic E-state index is 12.7. The normalized spacial score (nSPS) is 14.2. The summed E-state index contributed by atoms with van der Waals surface area (Å²) >= 11 is 0. The number of phenolic OH excluding ortho intramolecular Hbond substituents is 2. The van der Waals surface area contributed by atoms with E-state index in [1.807, 2.05) is 38.1 Å². The Balaban J connectivity index is 1.22. The summed E-state index contributed by atoms with van der Waals surface area (Å²) in [6.45, 7) is 4.72. The number of hydrogen-bond donors (Lipinski definition) is 4. The monoisotopic (exact) mass is 778 g/mol. The molecule has 1 unspecified atom stereocenters. The summed E-state index contributed by atoms with van der Waals surface area (Å²) < 4.78 is 29.6. The molecular weight excluding hydrogens is 736 g/mol. The van der Waals surface area contributed by atoms with Gasteiger partial charge in [-0.3, -0.25) is 4.90 Å². The first-order valence-corrected chi connectivity index (χ1v) is 18.0. The molecule has 7 rings (SSSR count). The number of hydrogen-bond acceptors (Lipinski definition) is 13. The van der Waals surface area contributed by atoms with E-state index >= 15 is 0 Å². The Morgan fingerprint density at radius 3 is 2.09 bits per heavy atom. The van der Waals surface area contributed by atoms with Gasteiger partial charge in [-0.05, 0) is 71.6 Å². The van der Waals surface area contributed by atoms with E-state index in [9.17, 15) is 25.2 Å². The van der Waals surface area contributed by atoms with Gasteiger partial charge in [0.15, 0.2) is 23.1 Å². The van der Waals surface area contributed by atoms with Crippen LogP contribution in [-0.4, -0.2) is 99.4 Å². The Kier molecular flexibility index (Phi) is 10.4. The number of anilines is 1. The van der Waals surface area contributed by atoms with Crippen molar-refractivity contribution in [3.05, 3.63) is 84.1 Å². The number of amides is 1. The smallest absolute Gasteiger partial charge is 0.407 e. The topological polar surface area (TPSA) is 198 Å². The number of aromatic hydroxyl groups is 3. The summed E-state index contributed by atoms with van der Waals surface area (Å²) in [6, 6.07) is 18.2. The van der Waals surface area contributed by atoms with Crippen molar-refractivity contribution in [2.45, 2.75) is 25.8 Å². The molecule has 16 nitrogen and oxygen atoms in total. The number of carbonyl (C=O) groups is 1. The van der Waals surface area contributed by atoms with E-state index in [0.717, 1.165) is 5.69 Å². The van der Waals surface area contributed by atoms with Crippen LogP contribution in [0.15, 0.2) is 77.4 Å². The van der Waals surface area contributed by atoms with Gasteiger partial charge in [0, 0.05) is 48.1 Å². The highest BCUT2D eigenvalue weighted by Gasteiger charge is 2.34. The molecular formula is C41H42N6O10. The zero-order valence-electron chi connectivity index (χ0n) is 32.1. The van der Waals surface area contributed by atoms with Crippen LogP contribution in [0.3, 0.4) is 0 Å². The van der Waals surface area contributed by atoms with Crippen LogP contribution in [0.1, 0.15) is 36.9 Å². The van der Waals surface area contributed by atoms with Crippen molar-refractivity contribution < 1.29 is 48.7 Å². The number of nitrogens with zero attached hydrogens (tertiary/aromatic N) is 6. The zero-order chi connectivity index (χ0) is 40.5. The fourth-order valence-electron chi connectivity index (χ4n) is 7.28. The van der Waals surface area contributed by atoms with Gasteiger partial charge in [0.2, 0.25) is 5.75 Å². The molecule has 1 amide bonds. The quantitative estimate of drug-likeness (QED) is 0.104. The fraction of sp³-hybridized carbons (Fsp3) is 0.268. The predicted molar refractivity (Wildman–Crippen MR) is 209 cm³/mol. The second-order valence-electron chi connectivity index (χ2n) is 13.6. The molecule has 57 heavy (non-hydrogen) atoms. The lowest BCUT2D eigenvalue weighted by atomic mass is 9.95. The van der Waals surface area contributed by atoms with Crippen LogP contribution in [0, 0.1) is 0 Å². The Hall–Kier alpha value is -7.10. The first-order valence-electron chi connectivity index (χ1n) is 18.0. The molecule has 0 saturated carbocycles. The molecule has 4 N–H and O–H groups in total. The largest absolute Gasteiger partial charge is 0.508 e. The second kappa shape index (κ2) is 15.6. The van der Waals surface area contributed by atoms with Gasteiger partial charge in [-0.25, -0.2) is 9.36 Å². The molecule has 0 spiro atoms. The number of rotatable bonds is 11. The van der Waals surface area contributed by atoms with Gasteiger partial charge in [-0.1, -0.05) is 30.2 Å². The van der Waals surface area contributed by atoms with Crippen molar-refractivity contribution in [1.82, 2.24) is 24.8 Å². The first-order chi connectivity index (χ1) is 27.5. The molecule has 1 fully saturated rings. The van der Waals surface area contributed by atoms with E-state index in [-0.39, 0.29) is 42.3 Å². The van der Waals surface area contributed by atoms with Crippen LogP contribution in [0.2, 0.25) is 0 Å².